The van der Waals surface area contributed by atoms with E-state index < -0.39 is 11.9 Å². The largest absolute Gasteiger partial charge is 0.496 e. The molecule has 1 aromatic rings. The second-order valence-electron chi connectivity index (χ2n) is 3.52. The molecule has 5 heteroatoms. The van der Waals surface area contributed by atoms with E-state index in [9.17, 15) is 9.50 Å². The average Bonchev–Trinajstić information content (AvgIpc) is 2.26. The second-order valence-corrected chi connectivity index (χ2v) is 3.94. The molecule has 16 heavy (non-hydrogen) atoms. The summed E-state index contributed by atoms with van der Waals surface area (Å²) in [6.45, 7) is 0. The highest BCUT2D eigenvalue weighted by Crippen LogP contribution is 2.27. The van der Waals surface area contributed by atoms with Gasteiger partial charge in [0.15, 0.2) is 0 Å². The maximum atomic E-state index is 13.1. The Kier molecular flexibility index (Phi) is 4.20. The molecule has 0 saturated carbocycles. The third-order valence-electron chi connectivity index (χ3n) is 2.16. The zero-order valence-electron chi connectivity index (χ0n) is 9.40. The molecule has 0 aliphatic heterocycles. The molecule has 0 saturated heterocycles. The lowest BCUT2D eigenvalue weighted by molar-refractivity contribution is 0.230. The highest BCUT2D eigenvalue weighted by Gasteiger charge is 2.19. The number of likely N-dealkylation sites (N-methyl/N-ethyl adjacent to an activating group) is 1. The van der Waals surface area contributed by atoms with Gasteiger partial charge in [0.25, 0.3) is 0 Å². The molecule has 0 aromatic heterocycles. The van der Waals surface area contributed by atoms with E-state index in [1.807, 2.05) is 0 Å². The van der Waals surface area contributed by atoms with E-state index in [0.29, 0.717) is 16.3 Å². The fourth-order valence-electron chi connectivity index (χ4n) is 1.30. The first-order valence-corrected chi connectivity index (χ1v) is 5.11. The zero-order chi connectivity index (χ0) is 12.3. The monoisotopic (exact) mass is 243 g/mol. The summed E-state index contributed by atoms with van der Waals surface area (Å²) in [6.07, 6.45) is -1.05. The lowest BCUT2D eigenvalue weighted by Gasteiger charge is -2.21. The van der Waals surface area contributed by atoms with Gasteiger partial charge >= 0.3 is 0 Å². The van der Waals surface area contributed by atoms with E-state index in [0.717, 1.165) is 0 Å². The van der Waals surface area contributed by atoms with Crippen LogP contribution in [0, 0.1) is 5.82 Å². The topological polar surface area (TPSA) is 32.7 Å². The van der Waals surface area contributed by atoms with E-state index in [-0.39, 0.29) is 0 Å². The minimum absolute atomic E-state index is 0.309. The van der Waals surface area contributed by atoms with Gasteiger partial charge in [0.2, 0.25) is 0 Å². The van der Waals surface area contributed by atoms with Gasteiger partial charge in [-0.1, -0.05) is 12.2 Å². The van der Waals surface area contributed by atoms with Gasteiger partial charge in [-0.15, -0.1) is 0 Å². The first-order valence-electron chi connectivity index (χ1n) is 4.70. The number of aliphatic hydroxyl groups excluding tert-OH is 1. The van der Waals surface area contributed by atoms with Gasteiger partial charge in [0.1, 0.15) is 22.7 Å². The van der Waals surface area contributed by atoms with Crippen molar-refractivity contribution in [3.05, 3.63) is 29.6 Å². The zero-order valence-corrected chi connectivity index (χ0v) is 10.2. The molecule has 0 aliphatic rings. The van der Waals surface area contributed by atoms with Crippen LogP contribution >= 0.6 is 12.2 Å². The van der Waals surface area contributed by atoms with Crippen LogP contribution in [0.1, 0.15) is 11.7 Å². The van der Waals surface area contributed by atoms with Gasteiger partial charge in [-0.05, 0) is 18.2 Å². The molecule has 1 atom stereocenters. The summed E-state index contributed by atoms with van der Waals surface area (Å²) in [5.41, 5.74) is 0.334. The van der Waals surface area contributed by atoms with Gasteiger partial charge in [0, 0.05) is 19.7 Å². The van der Waals surface area contributed by atoms with Crippen LogP contribution in [0.5, 0.6) is 5.75 Å². The number of ether oxygens (including phenoxy) is 1. The molecule has 1 N–H and O–H groups in total. The normalized spacial score (nSPS) is 12.1. The Hall–Kier alpha value is -1.20. The van der Waals surface area contributed by atoms with Crippen LogP contribution in [0.3, 0.4) is 0 Å². The number of hydrogen-bond donors (Lipinski definition) is 1. The number of aliphatic hydroxyl groups is 1. The molecule has 1 unspecified atom stereocenters. The highest BCUT2D eigenvalue weighted by molar-refractivity contribution is 7.80. The number of rotatable bonds is 3. The molecule has 3 nitrogen and oxygen atoms in total. The summed E-state index contributed by atoms with van der Waals surface area (Å²) in [5, 5.41) is 9.97. The summed E-state index contributed by atoms with van der Waals surface area (Å²) in [7, 11) is 4.90. The van der Waals surface area contributed by atoms with Gasteiger partial charge in [-0.25, -0.2) is 4.39 Å². The summed E-state index contributed by atoms with van der Waals surface area (Å²) in [4.78, 5) is 1.91. The minimum Gasteiger partial charge on any atom is -0.496 e. The number of benzene rings is 1. The predicted octanol–water partition coefficient (Wildman–Crippen LogP) is 1.76. The lowest BCUT2D eigenvalue weighted by Crippen LogP contribution is -2.26. The standard InChI is InChI=1S/C11H14FNO2S/c1-13(2)11(16)10(14)8-6-7(12)4-5-9(8)15-3/h4-6,10,14H,1-3H3. The maximum Gasteiger partial charge on any atom is 0.133 e. The summed E-state index contributed by atoms with van der Waals surface area (Å²) >= 11 is 5.03. The Morgan fingerprint density at radius 1 is 1.50 bits per heavy atom. The van der Waals surface area contributed by atoms with Crippen LogP contribution < -0.4 is 4.74 Å². The van der Waals surface area contributed by atoms with Crippen LogP contribution in [0.15, 0.2) is 18.2 Å². The molecule has 0 radical (unpaired) electrons. The number of nitrogens with zero attached hydrogens (tertiary/aromatic N) is 1. The van der Waals surface area contributed by atoms with Crippen molar-refractivity contribution in [1.29, 1.82) is 0 Å². The van der Waals surface area contributed by atoms with Crippen LogP contribution in [-0.4, -0.2) is 36.2 Å². The van der Waals surface area contributed by atoms with E-state index >= 15 is 0 Å². The Labute approximate surface area is 99.4 Å². The lowest BCUT2D eigenvalue weighted by atomic mass is 10.1. The summed E-state index contributed by atoms with van der Waals surface area (Å²) in [5.74, 6) is -0.0190. The SMILES string of the molecule is COc1ccc(F)cc1C(O)C(=S)N(C)C. The van der Waals surface area contributed by atoms with E-state index in [2.05, 4.69) is 0 Å². The average molecular weight is 243 g/mol. The van der Waals surface area contributed by atoms with E-state index in [1.54, 1.807) is 19.0 Å². The van der Waals surface area contributed by atoms with Crippen LogP contribution in [0.2, 0.25) is 0 Å². The van der Waals surface area contributed by atoms with E-state index in [1.165, 1.54) is 25.3 Å². The Morgan fingerprint density at radius 3 is 2.62 bits per heavy atom. The molecular formula is C11H14FNO2S. The molecular weight excluding hydrogens is 229 g/mol. The van der Waals surface area contributed by atoms with Crippen LogP contribution in [0.4, 0.5) is 4.39 Å². The number of thiocarbonyl (C=S) groups is 1. The number of halogens is 1. The molecule has 0 bridgehead atoms. The van der Waals surface area contributed by atoms with Crippen LogP contribution in [-0.2, 0) is 0 Å². The van der Waals surface area contributed by atoms with Crippen molar-refractivity contribution in [3.63, 3.8) is 0 Å². The first kappa shape index (κ1) is 12.9. The van der Waals surface area contributed by atoms with Gasteiger partial charge < -0.3 is 14.7 Å². The van der Waals surface area contributed by atoms with Crippen molar-refractivity contribution in [2.45, 2.75) is 6.10 Å². The molecule has 0 spiro atoms. The fourth-order valence-corrected chi connectivity index (χ4v) is 1.42. The highest BCUT2D eigenvalue weighted by atomic mass is 32.1. The molecule has 1 aromatic carbocycles. The Balaban J connectivity index is 3.11. The third kappa shape index (κ3) is 2.68. The van der Waals surface area contributed by atoms with E-state index in [4.69, 9.17) is 17.0 Å². The van der Waals surface area contributed by atoms with Crippen molar-refractivity contribution in [3.8, 4) is 5.75 Å². The fraction of sp³-hybridized carbons (Fsp3) is 0.364. The third-order valence-corrected chi connectivity index (χ3v) is 2.75. The van der Waals surface area contributed by atoms with Crippen molar-refractivity contribution >= 4 is 17.2 Å². The van der Waals surface area contributed by atoms with Crippen molar-refractivity contribution < 1.29 is 14.2 Å². The summed E-state index contributed by atoms with van der Waals surface area (Å²) < 4.78 is 18.1. The van der Waals surface area contributed by atoms with Gasteiger partial charge in [-0.2, -0.15) is 0 Å². The van der Waals surface area contributed by atoms with Crippen molar-refractivity contribution in [2.75, 3.05) is 21.2 Å². The first-order chi connectivity index (χ1) is 7.47. The minimum atomic E-state index is -1.05. The Bertz CT molecular complexity index is 396. The number of methoxy groups -OCH3 is 1. The Morgan fingerprint density at radius 2 is 2.12 bits per heavy atom. The molecule has 0 aliphatic carbocycles. The molecule has 88 valence electrons. The molecule has 0 fully saturated rings. The molecule has 0 heterocycles. The maximum absolute atomic E-state index is 13.1. The van der Waals surface area contributed by atoms with Crippen molar-refractivity contribution in [2.24, 2.45) is 0 Å². The quantitative estimate of drug-likeness (QED) is 0.820. The smallest absolute Gasteiger partial charge is 0.133 e. The van der Waals surface area contributed by atoms with Gasteiger partial charge in [0.05, 0.1) is 7.11 Å². The van der Waals surface area contributed by atoms with Gasteiger partial charge in [-0.3, -0.25) is 0 Å². The second kappa shape index (κ2) is 5.23. The summed E-state index contributed by atoms with van der Waals surface area (Å²) in [6, 6.07) is 3.96. The molecule has 0 amide bonds. The van der Waals surface area contributed by atoms with Crippen molar-refractivity contribution in [1.82, 2.24) is 4.90 Å². The van der Waals surface area contributed by atoms with Crippen LogP contribution in [0.25, 0.3) is 0 Å². The molecule has 1 rings (SSSR count). The predicted molar refractivity (Wildman–Crippen MR) is 64.2 cm³/mol. The number of hydrogen-bond acceptors (Lipinski definition) is 3.